The van der Waals surface area contributed by atoms with Crippen molar-refractivity contribution in [1.29, 1.82) is 0 Å². The highest BCUT2D eigenvalue weighted by molar-refractivity contribution is 9.10. The number of nitrogens with one attached hydrogen (secondary N) is 1. The predicted molar refractivity (Wildman–Crippen MR) is 77.0 cm³/mol. The van der Waals surface area contributed by atoms with Crippen LogP contribution in [0.15, 0.2) is 28.7 Å². The number of benzene rings is 1. The van der Waals surface area contributed by atoms with Crippen molar-refractivity contribution in [2.45, 2.75) is 12.8 Å². The number of hydrogen-bond acceptors (Lipinski definition) is 4. The van der Waals surface area contributed by atoms with Crippen LogP contribution < -0.4 is 14.8 Å². The number of hydrogen-bond donors (Lipinski definition) is 1. The standard InChI is InChI=1S/C12H7BrClF2NO2S/c13-8-4-7(20-11(8)14)5-17-6-1-2-9-10(3-6)19-12(15,16)18-9/h1-4,17H,5H2. The summed E-state index contributed by atoms with van der Waals surface area (Å²) in [6, 6.07) is 6.46. The lowest BCUT2D eigenvalue weighted by Crippen LogP contribution is -2.25. The Kier molecular flexibility index (Phi) is 3.51. The Hall–Kier alpha value is -1.05. The first-order valence-electron chi connectivity index (χ1n) is 5.50. The van der Waals surface area contributed by atoms with Crippen LogP contribution in [0.25, 0.3) is 0 Å². The highest BCUT2D eigenvalue weighted by atomic mass is 79.9. The second kappa shape index (κ2) is 5.05. The summed E-state index contributed by atoms with van der Waals surface area (Å²) < 4.78 is 36.0. The Balaban J connectivity index is 1.70. The molecule has 0 saturated heterocycles. The number of fused-ring (bicyclic) bond motifs is 1. The van der Waals surface area contributed by atoms with Crippen molar-refractivity contribution in [2.75, 3.05) is 5.32 Å². The highest BCUT2D eigenvalue weighted by Crippen LogP contribution is 2.42. The molecule has 1 aromatic carbocycles. The van der Waals surface area contributed by atoms with Gasteiger partial charge in [0.05, 0.1) is 0 Å². The summed E-state index contributed by atoms with van der Waals surface area (Å²) in [6.45, 7) is 0.534. The van der Waals surface area contributed by atoms with E-state index in [2.05, 4.69) is 30.7 Å². The Morgan fingerprint density at radius 3 is 2.70 bits per heavy atom. The molecule has 1 aliphatic heterocycles. The number of thiophene rings is 1. The van der Waals surface area contributed by atoms with Crippen LogP contribution >= 0.6 is 38.9 Å². The minimum Gasteiger partial charge on any atom is -0.395 e. The van der Waals surface area contributed by atoms with E-state index >= 15 is 0 Å². The number of halogens is 4. The van der Waals surface area contributed by atoms with Gasteiger partial charge in [0.25, 0.3) is 0 Å². The van der Waals surface area contributed by atoms with Crippen molar-refractivity contribution in [1.82, 2.24) is 0 Å². The number of anilines is 1. The SMILES string of the molecule is FC1(F)Oc2ccc(NCc3cc(Br)c(Cl)s3)cc2O1. The zero-order valence-corrected chi connectivity index (χ0v) is 12.9. The Morgan fingerprint density at radius 2 is 2.00 bits per heavy atom. The van der Waals surface area contributed by atoms with Gasteiger partial charge in [0.15, 0.2) is 11.5 Å². The first kappa shape index (κ1) is 13.9. The quantitative estimate of drug-likeness (QED) is 0.801. The Bertz CT molecular complexity index is 645. The van der Waals surface area contributed by atoms with Gasteiger partial charge < -0.3 is 14.8 Å². The summed E-state index contributed by atoms with van der Waals surface area (Å²) in [4.78, 5) is 1.02. The molecule has 3 rings (SSSR count). The highest BCUT2D eigenvalue weighted by Gasteiger charge is 2.43. The number of ether oxygens (including phenoxy) is 2. The maximum Gasteiger partial charge on any atom is 0.586 e. The van der Waals surface area contributed by atoms with Gasteiger partial charge in [0.1, 0.15) is 4.34 Å². The molecule has 1 aromatic heterocycles. The van der Waals surface area contributed by atoms with E-state index < -0.39 is 6.29 Å². The summed E-state index contributed by atoms with van der Waals surface area (Å²) in [5.74, 6) is 0.0489. The number of rotatable bonds is 3. The molecule has 106 valence electrons. The lowest BCUT2D eigenvalue weighted by molar-refractivity contribution is -0.286. The fourth-order valence-electron chi connectivity index (χ4n) is 1.73. The van der Waals surface area contributed by atoms with Gasteiger partial charge in [-0.3, -0.25) is 0 Å². The van der Waals surface area contributed by atoms with Crippen molar-refractivity contribution in [2.24, 2.45) is 0 Å². The van der Waals surface area contributed by atoms with Crippen molar-refractivity contribution in [3.8, 4) is 11.5 Å². The molecule has 0 spiro atoms. The first-order valence-corrected chi connectivity index (χ1v) is 7.49. The van der Waals surface area contributed by atoms with E-state index in [4.69, 9.17) is 11.6 Å². The van der Waals surface area contributed by atoms with Crippen molar-refractivity contribution in [3.63, 3.8) is 0 Å². The van der Waals surface area contributed by atoms with Crippen LogP contribution in [-0.4, -0.2) is 6.29 Å². The largest absolute Gasteiger partial charge is 0.586 e. The van der Waals surface area contributed by atoms with Crippen molar-refractivity contribution >= 4 is 44.6 Å². The molecular formula is C12H7BrClF2NO2S. The maximum absolute atomic E-state index is 12.9. The normalized spacial score (nSPS) is 15.4. The van der Waals surface area contributed by atoms with Gasteiger partial charge in [-0.1, -0.05) is 11.6 Å². The third-order valence-electron chi connectivity index (χ3n) is 2.56. The third kappa shape index (κ3) is 2.84. The van der Waals surface area contributed by atoms with Crippen molar-refractivity contribution in [3.05, 3.63) is 38.0 Å². The summed E-state index contributed by atoms with van der Waals surface area (Å²) >= 11 is 10.7. The monoisotopic (exact) mass is 381 g/mol. The molecule has 8 heteroatoms. The molecular weight excluding hydrogens is 376 g/mol. The minimum absolute atomic E-state index is 0.0189. The van der Waals surface area contributed by atoms with Gasteiger partial charge in [0, 0.05) is 27.6 Å². The van der Waals surface area contributed by atoms with Crippen molar-refractivity contribution < 1.29 is 18.3 Å². The Morgan fingerprint density at radius 1 is 1.25 bits per heavy atom. The van der Waals surface area contributed by atoms with E-state index in [0.717, 1.165) is 9.35 Å². The second-order valence-electron chi connectivity index (χ2n) is 4.02. The van der Waals surface area contributed by atoms with Gasteiger partial charge in [0.2, 0.25) is 0 Å². The van der Waals surface area contributed by atoms with Crippen LogP contribution in [0.1, 0.15) is 4.88 Å². The van der Waals surface area contributed by atoms with Crippen LogP contribution in [0.5, 0.6) is 11.5 Å². The molecule has 0 radical (unpaired) electrons. The van der Waals surface area contributed by atoms with Crippen LogP contribution in [0.2, 0.25) is 4.34 Å². The van der Waals surface area contributed by atoms with E-state index in [1.54, 1.807) is 6.07 Å². The molecule has 2 heterocycles. The minimum atomic E-state index is -3.59. The molecule has 0 fully saturated rings. The van der Waals surface area contributed by atoms with E-state index in [1.807, 2.05) is 6.07 Å². The van der Waals surface area contributed by atoms with E-state index in [1.165, 1.54) is 23.5 Å². The molecule has 0 saturated carbocycles. The fraction of sp³-hybridized carbons (Fsp3) is 0.167. The van der Waals surface area contributed by atoms with E-state index in [9.17, 15) is 8.78 Å². The van der Waals surface area contributed by atoms with Gasteiger partial charge in [-0.25, -0.2) is 0 Å². The van der Waals surface area contributed by atoms with Crippen LogP contribution in [0, 0.1) is 0 Å². The molecule has 0 bridgehead atoms. The van der Waals surface area contributed by atoms with Crippen LogP contribution in [0.3, 0.4) is 0 Å². The summed E-state index contributed by atoms with van der Waals surface area (Å²) in [5, 5.41) is 3.11. The summed E-state index contributed by atoms with van der Waals surface area (Å²) in [7, 11) is 0. The molecule has 0 amide bonds. The van der Waals surface area contributed by atoms with Gasteiger partial charge in [-0.05, 0) is 34.1 Å². The molecule has 20 heavy (non-hydrogen) atoms. The lowest BCUT2D eigenvalue weighted by atomic mass is 10.3. The molecule has 0 atom stereocenters. The summed E-state index contributed by atoms with van der Waals surface area (Å²) in [6.07, 6.45) is -3.59. The molecule has 3 nitrogen and oxygen atoms in total. The van der Waals surface area contributed by atoms with Crippen LogP contribution in [-0.2, 0) is 6.54 Å². The van der Waals surface area contributed by atoms with Crippen LogP contribution in [0.4, 0.5) is 14.5 Å². The molecule has 1 aliphatic rings. The zero-order chi connectivity index (χ0) is 14.3. The van der Waals surface area contributed by atoms with Gasteiger partial charge >= 0.3 is 6.29 Å². The maximum atomic E-state index is 12.9. The zero-order valence-electron chi connectivity index (χ0n) is 9.75. The summed E-state index contributed by atoms with van der Waals surface area (Å²) in [5.41, 5.74) is 0.658. The smallest absolute Gasteiger partial charge is 0.395 e. The fourth-order valence-corrected chi connectivity index (χ4v) is 3.46. The molecule has 2 aromatic rings. The molecule has 0 aliphatic carbocycles. The predicted octanol–water partition coefficient (Wildman–Crippen LogP) is 5.10. The average Bonchev–Trinajstić information content (AvgIpc) is 2.84. The second-order valence-corrected chi connectivity index (χ2v) is 6.61. The molecule has 1 N–H and O–H groups in total. The average molecular weight is 383 g/mol. The van der Waals surface area contributed by atoms with E-state index in [0.29, 0.717) is 16.6 Å². The van der Waals surface area contributed by atoms with Gasteiger partial charge in [-0.2, -0.15) is 0 Å². The first-order chi connectivity index (χ1) is 9.43. The van der Waals surface area contributed by atoms with Gasteiger partial charge in [-0.15, -0.1) is 20.1 Å². The number of alkyl halides is 2. The Labute approximate surface area is 130 Å². The molecule has 0 unspecified atom stereocenters. The lowest BCUT2D eigenvalue weighted by Gasteiger charge is -2.05. The third-order valence-corrected chi connectivity index (χ3v) is 5.04. The van der Waals surface area contributed by atoms with E-state index in [-0.39, 0.29) is 11.5 Å². The topological polar surface area (TPSA) is 30.5 Å².